The summed E-state index contributed by atoms with van der Waals surface area (Å²) in [5.41, 5.74) is 5.42. The smallest absolute Gasteiger partial charge is 0.236 e. The van der Waals surface area contributed by atoms with Gasteiger partial charge in [-0.05, 0) is 6.92 Å². The topological polar surface area (TPSA) is 79.0 Å². The van der Waals surface area contributed by atoms with E-state index in [1.807, 2.05) is 11.8 Å². The third kappa shape index (κ3) is 5.40. The normalized spacial score (nSPS) is 24.2. The van der Waals surface area contributed by atoms with E-state index < -0.39 is 0 Å². The van der Waals surface area contributed by atoms with Gasteiger partial charge in [-0.15, -0.1) is 0 Å². The maximum atomic E-state index is 12.1. The Morgan fingerprint density at radius 2 is 2.32 bits per heavy atom. The van der Waals surface area contributed by atoms with E-state index in [0.29, 0.717) is 37.7 Å². The van der Waals surface area contributed by atoms with Gasteiger partial charge >= 0.3 is 0 Å². The Labute approximate surface area is 119 Å². The Kier molecular flexibility index (Phi) is 6.64. The molecule has 2 unspecified atom stereocenters. The quantitative estimate of drug-likeness (QED) is 0.624. The number of carbonyl (C=O) groups excluding carboxylic acids is 1. The molecule has 1 aliphatic heterocycles. The van der Waals surface area contributed by atoms with Gasteiger partial charge in [-0.2, -0.15) is 0 Å². The number of nitrogens with two attached hydrogens (primary N) is 1. The summed E-state index contributed by atoms with van der Waals surface area (Å²) in [5, 5.41) is 9.11. The van der Waals surface area contributed by atoms with Gasteiger partial charge in [0.1, 0.15) is 0 Å². The molecule has 0 spiro atoms. The van der Waals surface area contributed by atoms with E-state index in [1.165, 1.54) is 0 Å². The number of nitrogens with zero attached hydrogens (tertiary/aromatic N) is 2. The van der Waals surface area contributed by atoms with Crippen molar-refractivity contribution in [3.63, 3.8) is 0 Å². The first-order valence-electron chi connectivity index (χ1n) is 6.42. The van der Waals surface area contributed by atoms with Gasteiger partial charge in [-0.3, -0.25) is 9.69 Å². The number of likely N-dealkylation sites (N-methyl/N-ethyl adjacent to an activating group) is 1. The van der Waals surface area contributed by atoms with Crippen LogP contribution < -0.4 is 5.73 Å². The van der Waals surface area contributed by atoms with Gasteiger partial charge in [0, 0.05) is 32.6 Å². The predicted molar refractivity (Wildman–Crippen MR) is 76.9 cm³/mol. The van der Waals surface area contributed by atoms with Gasteiger partial charge in [0.2, 0.25) is 5.91 Å². The Hall–Kier alpha value is -0.760. The molecule has 1 saturated heterocycles. The maximum absolute atomic E-state index is 12.1. The highest BCUT2D eigenvalue weighted by Crippen LogP contribution is 2.11. The fourth-order valence-corrected chi connectivity index (χ4v) is 1.99. The summed E-state index contributed by atoms with van der Waals surface area (Å²) < 4.78 is 5.44. The third-order valence-electron chi connectivity index (χ3n) is 3.30. The van der Waals surface area contributed by atoms with Crippen LogP contribution in [0.3, 0.4) is 0 Å². The average Bonchev–Trinajstić information content (AvgIpc) is 2.38. The van der Waals surface area contributed by atoms with Crippen LogP contribution in [-0.2, 0) is 9.53 Å². The third-order valence-corrected chi connectivity index (χ3v) is 3.50. The zero-order chi connectivity index (χ0) is 14.4. The molecule has 0 radical (unpaired) electrons. The molecule has 2 atom stereocenters. The summed E-state index contributed by atoms with van der Waals surface area (Å²) >= 11 is 4.80. The molecule has 1 heterocycles. The average molecular weight is 289 g/mol. The second-order valence-electron chi connectivity index (χ2n) is 4.95. The second kappa shape index (κ2) is 7.74. The van der Waals surface area contributed by atoms with Crippen LogP contribution in [0.4, 0.5) is 0 Å². The van der Waals surface area contributed by atoms with Crippen molar-refractivity contribution in [2.24, 2.45) is 5.73 Å². The summed E-state index contributed by atoms with van der Waals surface area (Å²) in [6.07, 6.45) is 0.334. The lowest BCUT2D eigenvalue weighted by Crippen LogP contribution is -2.52. The van der Waals surface area contributed by atoms with Crippen LogP contribution in [0.25, 0.3) is 0 Å². The summed E-state index contributed by atoms with van der Waals surface area (Å²) in [6, 6.07) is 0.177. The first-order chi connectivity index (χ1) is 8.93. The molecule has 0 aromatic carbocycles. The van der Waals surface area contributed by atoms with Gasteiger partial charge in [0.05, 0.1) is 30.9 Å². The van der Waals surface area contributed by atoms with Crippen LogP contribution >= 0.6 is 12.2 Å². The molecule has 1 rings (SSSR count). The van der Waals surface area contributed by atoms with Crippen molar-refractivity contribution in [3.05, 3.63) is 0 Å². The molecule has 3 N–H and O–H groups in total. The van der Waals surface area contributed by atoms with E-state index in [4.69, 9.17) is 27.8 Å². The second-order valence-corrected chi connectivity index (χ2v) is 5.47. The monoisotopic (exact) mass is 289 g/mol. The highest BCUT2D eigenvalue weighted by Gasteiger charge is 2.27. The van der Waals surface area contributed by atoms with E-state index >= 15 is 0 Å². The number of hydrogen-bond acceptors (Lipinski definition) is 5. The fourth-order valence-electron chi connectivity index (χ4n) is 1.90. The zero-order valence-electron chi connectivity index (χ0n) is 11.5. The number of aliphatic hydroxyl groups is 1. The lowest BCUT2D eigenvalue weighted by Gasteiger charge is -2.37. The minimum absolute atomic E-state index is 0.0192. The van der Waals surface area contributed by atoms with Crippen molar-refractivity contribution in [3.8, 4) is 0 Å². The van der Waals surface area contributed by atoms with Gasteiger partial charge in [-0.25, -0.2) is 0 Å². The molecule has 0 aromatic rings. The molecule has 1 fully saturated rings. The highest BCUT2D eigenvalue weighted by atomic mass is 32.1. The first-order valence-corrected chi connectivity index (χ1v) is 6.83. The van der Waals surface area contributed by atoms with E-state index in [-0.39, 0.29) is 24.7 Å². The first kappa shape index (κ1) is 16.3. The molecule has 1 aliphatic rings. The molecule has 0 bridgehead atoms. The number of morpholine rings is 1. The highest BCUT2D eigenvalue weighted by molar-refractivity contribution is 7.80. The molecule has 6 nitrogen and oxygen atoms in total. The minimum atomic E-state index is -0.203. The standard InChI is InChI=1S/C12H23N3O3S/c1-9-8-18-10(7-16)5-15(9)6-12(17)14(2)4-3-11(13)19/h9-10,16H,3-8H2,1-2H3,(H2,13,19). The van der Waals surface area contributed by atoms with E-state index in [9.17, 15) is 4.79 Å². The molecule has 19 heavy (non-hydrogen) atoms. The Morgan fingerprint density at radius 3 is 2.89 bits per heavy atom. The number of carbonyl (C=O) groups is 1. The fraction of sp³-hybridized carbons (Fsp3) is 0.833. The molecule has 1 amide bonds. The molecule has 7 heteroatoms. The molecular formula is C12H23N3O3S. The van der Waals surface area contributed by atoms with Crippen molar-refractivity contribution in [2.75, 3.05) is 39.9 Å². The predicted octanol–water partition coefficient (Wildman–Crippen LogP) is -0.797. The van der Waals surface area contributed by atoms with Crippen LogP contribution in [0.15, 0.2) is 0 Å². The van der Waals surface area contributed by atoms with E-state index in [2.05, 4.69) is 0 Å². The maximum Gasteiger partial charge on any atom is 0.236 e. The molecule has 0 aromatic heterocycles. The number of ether oxygens (including phenoxy) is 1. The lowest BCUT2D eigenvalue weighted by atomic mass is 10.2. The Morgan fingerprint density at radius 1 is 1.63 bits per heavy atom. The van der Waals surface area contributed by atoms with Crippen LogP contribution in [0.1, 0.15) is 13.3 Å². The molecule has 110 valence electrons. The summed E-state index contributed by atoms with van der Waals surface area (Å²) in [6.45, 7) is 3.97. The lowest BCUT2D eigenvalue weighted by molar-refractivity contribution is -0.136. The summed E-state index contributed by atoms with van der Waals surface area (Å²) in [7, 11) is 1.75. The van der Waals surface area contributed by atoms with Gasteiger partial charge < -0.3 is 20.5 Å². The van der Waals surface area contributed by atoms with E-state index in [0.717, 1.165) is 0 Å². The molecule has 0 aliphatic carbocycles. The minimum Gasteiger partial charge on any atom is -0.394 e. The van der Waals surface area contributed by atoms with Crippen LogP contribution in [-0.4, -0.2) is 77.8 Å². The van der Waals surface area contributed by atoms with E-state index in [1.54, 1.807) is 11.9 Å². The SMILES string of the molecule is CC1COC(CO)CN1CC(=O)N(C)CCC(N)=S. The Balaban J connectivity index is 2.43. The number of hydrogen-bond donors (Lipinski definition) is 2. The number of thiocarbonyl (C=S) groups is 1. The largest absolute Gasteiger partial charge is 0.394 e. The molecular weight excluding hydrogens is 266 g/mol. The molecule has 0 saturated carbocycles. The zero-order valence-corrected chi connectivity index (χ0v) is 12.4. The van der Waals surface area contributed by atoms with Crippen molar-refractivity contribution < 1.29 is 14.6 Å². The number of amides is 1. The van der Waals surface area contributed by atoms with Gasteiger partial charge in [-0.1, -0.05) is 12.2 Å². The van der Waals surface area contributed by atoms with Gasteiger partial charge in [0.25, 0.3) is 0 Å². The number of aliphatic hydroxyl groups excluding tert-OH is 1. The summed E-state index contributed by atoms with van der Waals surface area (Å²) in [4.78, 5) is 16.1. The van der Waals surface area contributed by atoms with Crippen LogP contribution in [0.5, 0.6) is 0 Å². The van der Waals surface area contributed by atoms with Crippen molar-refractivity contribution in [1.82, 2.24) is 9.80 Å². The van der Waals surface area contributed by atoms with Crippen LogP contribution in [0, 0.1) is 0 Å². The van der Waals surface area contributed by atoms with Crippen molar-refractivity contribution in [2.45, 2.75) is 25.5 Å². The van der Waals surface area contributed by atoms with Gasteiger partial charge in [0.15, 0.2) is 0 Å². The summed E-state index contributed by atoms with van der Waals surface area (Å²) in [5.74, 6) is 0.0293. The van der Waals surface area contributed by atoms with Crippen molar-refractivity contribution in [1.29, 1.82) is 0 Å². The van der Waals surface area contributed by atoms with Crippen LogP contribution in [0.2, 0.25) is 0 Å². The van der Waals surface area contributed by atoms with Crippen molar-refractivity contribution >= 4 is 23.1 Å². The Bertz CT molecular complexity index is 327. The number of rotatable bonds is 6.